The number of carbonyl (C=O) groups excluding carboxylic acids is 1. The molecule has 1 aliphatic carbocycles. The van der Waals surface area contributed by atoms with Gasteiger partial charge in [0.1, 0.15) is 18.1 Å². The van der Waals surface area contributed by atoms with E-state index in [2.05, 4.69) is 39.0 Å². The summed E-state index contributed by atoms with van der Waals surface area (Å²) in [5.41, 5.74) is 6.01. The van der Waals surface area contributed by atoms with Crippen LogP contribution in [0.25, 0.3) is 0 Å². The van der Waals surface area contributed by atoms with E-state index in [-0.39, 0.29) is 5.97 Å². The zero-order chi connectivity index (χ0) is 18.7. The summed E-state index contributed by atoms with van der Waals surface area (Å²) in [5.74, 6) is 1.90. The van der Waals surface area contributed by atoms with Crippen LogP contribution in [0, 0.1) is 13.8 Å². The number of rotatable bonds is 7. The molecule has 1 aliphatic rings. The largest absolute Gasteiger partial charge is 0.488 e. The zero-order valence-corrected chi connectivity index (χ0v) is 16.2. The molecule has 0 heterocycles. The van der Waals surface area contributed by atoms with Crippen molar-refractivity contribution in [2.45, 2.75) is 65.9 Å². The molecule has 26 heavy (non-hydrogen) atoms. The van der Waals surface area contributed by atoms with Crippen molar-refractivity contribution in [1.29, 1.82) is 0 Å². The predicted molar refractivity (Wildman–Crippen MR) is 104 cm³/mol. The van der Waals surface area contributed by atoms with E-state index in [0.29, 0.717) is 24.7 Å². The Bertz CT molecular complexity index is 803. The molecule has 0 atom stereocenters. The number of carbonyl (C=O) groups is 1. The lowest BCUT2D eigenvalue weighted by Crippen LogP contribution is -2.10. The summed E-state index contributed by atoms with van der Waals surface area (Å²) in [7, 11) is 0. The minimum Gasteiger partial charge on any atom is -0.488 e. The van der Waals surface area contributed by atoms with E-state index in [1.807, 2.05) is 19.1 Å². The van der Waals surface area contributed by atoms with Crippen molar-refractivity contribution in [3.05, 3.63) is 58.1 Å². The van der Waals surface area contributed by atoms with Crippen molar-refractivity contribution in [2.24, 2.45) is 0 Å². The van der Waals surface area contributed by atoms with E-state index >= 15 is 0 Å². The molecule has 0 bridgehead atoms. The first-order valence-corrected chi connectivity index (χ1v) is 9.58. The fourth-order valence-electron chi connectivity index (χ4n) is 3.34. The summed E-state index contributed by atoms with van der Waals surface area (Å²) >= 11 is 0. The summed E-state index contributed by atoms with van der Waals surface area (Å²) in [6, 6.07) is 10.3. The molecule has 1 saturated carbocycles. The van der Waals surface area contributed by atoms with Gasteiger partial charge in [0.25, 0.3) is 0 Å². The Kier molecular flexibility index (Phi) is 5.65. The maximum absolute atomic E-state index is 11.8. The Morgan fingerprint density at radius 3 is 2.50 bits per heavy atom. The van der Waals surface area contributed by atoms with Crippen LogP contribution in [0.5, 0.6) is 11.5 Å². The molecule has 0 saturated heterocycles. The van der Waals surface area contributed by atoms with Gasteiger partial charge in [-0.05, 0) is 73.4 Å². The van der Waals surface area contributed by atoms with Crippen molar-refractivity contribution in [1.82, 2.24) is 0 Å². The van der Waals surface area contributed by atoms with Gasteiger partial charge in [0, 0.05) is 12.0 Å². The van der Waals surface area contributed by atoms with Gasteiger partial charge in [-0.15, -0.1) is 0 Å². The van der Waals surface area contributed by atoms with Crippen LogP contribution in [-0.4, -0.2) is 5.97 Å². The Morgan fingerprint density at radius 1 is 1.08 bits per heavy atom. The van der Waals surface area contributed by atoms with Gasteiger partial charge in [0.05, 0.1) is 0 Å². The van der Waals surface area contributed by atoms with Crippen LogP contribution >= 0.6 is 0 Å². The highest BCUT2D eigenvalue weighted by Gasteiger charge is 2.28. The van der Waals surface area contributed by atoms with Gasteiger partial charge in [-0.1, -0.05) is 32.0 Å². The van der Waals surface area contributed by atoms with Gasteiger partial charge >= 0.3 is 5.97 Å². The van der Waals surface area contributed by atoms with E-state index < -0.39 is 0 Å². The highest BCUT2D eigenvalue weighted by Crippen LogP contribution is 2.44. The Labute approximate surface area is 156 Å². The van der Waals surface area contributed by atoms with Crippen LogP contribution < -0.4 is 9.47 Å². The Balaban J connectivity index is 1.87. The van der Waals surface area contributed by atoms with Crippen LogP contribution in [0.2, 0.25) is 0 Å². The number of aryl methyl sites for hydroxylation is 3. The van der Waals surface area contributed by atoms with Crippen LogP contribution in [0.15, 0.2) is 30.3 Å². The number of benzene rings is 2. The molecule has 0 N–H and O–H groups in total. The van der Waals surface area contributed by atoms with E-state index in [4.69, 9.17) is 9.47 Å². The molecule has 1 fully saturated rings. The third kappa shape index (κ3) is 4.09. The predicted octanol–water partition coefficient (Wildman–Crippen LogP) is 5.64. The van der Waals surface area contributed by atoms with E-state index in [0.717, 1.165) is 23.3 Å². The van der Waals surface area contributed by atoms with Gasteiger partial charge in [-0.3, -0.25) is 4.79 Å². The molecule has 2 aromatic carbocycles. The van der Waals surface area contributed by atoms with Crippen LogP contribution in [-0.2, 0) is 17.8 Å². The molecule has 3 rings (SSSR count). The van der Waals surface area contributed by atoms with E-state index in [1.54, 1.807) is 0 Å². The molecule has 0 aliphatic heterocycles. The van der Waals surface area contributed by atoms with Gasteiger partial charge < -0.3 is 9.47 Å². The minimum atomic E-state index is -0.210. The van der Waals surface area contributed by atoms with Crippen LogP contribution in [0.1, 0.15) is 66.8 Å². The smallest absolute Gasteiger partial charge is 0.310 e. The number of esters is 1. The van der Waals surface area contributed by atoms with E-state index in [9.17, 15) is 4.79 Å². The molecule has 0 spiro atoms. The van der Waals surface area contributed by atoms with Crippen molar-refractivity contribution in [3.8, 4) is 11.5 Å². The maximum Gasteiger partial charge on any atom is 0.310 e. The fraction of sp³-hybridized carbons (Fsp3) is 0.435. The third-order valence-corrected chi connectivity index (χ3v) is 5.09. The maximum atomic E-state index is 11.8. The molecule has 0 radical (unpaired) electrons. The lowest BCUT2D eigenvalue weighted by atomic mass is 10.0. The van der Waals surface area contributed by atoms with Crippen molar-refractivity contribution in [3.63, 3.8) is 0 Å². The fourth-order valence-corrected chi connectivity index (χ4v) is 3.34. The van der Waals surface area contributed by atoms with Gasteiger partial charge in [0.2, 0.25) is 0 Å². The summed E-state index contributed by atoms with van der Waals surface area (Å²) in [6.07, 6.45) is 3.78. The van der Waals surface area contributed by atoms with Gasteiger partial charge in [-0.2, -0.15) is 0 Å². The first-order valence-electron chi connectivity index (χ1n) is 9.58. The van der Waals surface area contributed by atoms with Crippen molar-refractivity contribution < 1.29 is 14.3 Å². The molecule has 3 heteroatoms. The first kappa shape index (κ1) is 18.5. The average Bonchev–Trinajstić information content (AvgIpc) is 3.47. The molecule has 3 nitrogen and oxygen atoms in total. The van der Waals surface area contributed by atoms with Crippen molar-refractivity contribution in [2.75, 3.05) is 0 Å². The summed E-state index contributed by atoms with van der Waals surface area (Å²) in [6.45, 7) is 8.61. The second-order valence-corrected chi connectivity index (χ2v) is 7.11. The molecule has 0 amide bonds. The normalized spacial score (nSPS) is 13.5. The Hall–Kier alpha value is -2.29. The lowest BCUT2D eigenvalue weighted by molar-refractivity contribution is -0.134. The summed E-state index contributed by atoms with van der Waals surface area (Å²) in [5, 5.41) is 0. The molecule has 138 valence electrons. The summed E-state index contributed by atoms with van der Waals surface area (Å²) in [4.78, 5) is 11.8. The second-order valence-electron chi connectivity index (χ2n) is 7.11. The van der Waals surface area contributed by atoms with Gasteiger partial charge in [-0.25, -0.2) is 0 Å². The highest BCUT2D eigenvalue weighted by atomic mass is 16.5. The number of hydrogen-bond acceptors (Lipinski definition) is 3. The zero-order valence-electron chi connectivity index (χ0n) is 16.2. The molecular weight excluding hydrogens is 324 g/mol. The first-order chi connectivity index (χ1) is 12.5. The van der Waals surface area contributed by atoms with Gasteiger partial charge in [0.15, 0.2) is 0 Å². The average molecular weight is 352 g/mol. The highest BCUT2D eigenvalue weighted by molar-refractivity contribution is 5.72. The number of hydrogen-bond donors (Lipinski definition) is 0. The molecule has 0 unspecified atom stereocenters. The molecular formula is C23H28O3. The summed E-state index contributed by atoms with van der Waals surface area (Å²) < 4.78 is 11.8. The lowest BCUT2D eigenvalue weighted by Gasteiger charge is -2.17. The second kappa shape index (κ2) is 7.94. The number of ether oxygens (including phenoxy) is 2. The Morgan fingerprint density at radius 2 is 1.85 bits per heavy atom. The third-order valence-electron chi connectivity index (χ3n) is 5.09. The quantitative estimate of drug-likeness (QED) is 0.478. The topological polar surface area (TPSA) is 35.5 Å². The SMILES string of the molecule is CCC(=O)Oc1cccc(C2CC2)c1COc1cc(C)c(CC)cc1C. The minimum absolute atomic E-state index is 0.210. The molecule has 0 aromatic heterocycles. The van der Waals surface area contributed by atoms with E-state index in [1.165, 1.54) is 29.5 Å². The van der Waals surface area contributed by atoms with Crippen molar-refractivity contribution >= 4 is 5.97 Å². The standard InChI is InChI=1S/C23H28O3/c1-5-17-12-16(4)22(13-15(17)3)25-14-20-19(18-10-11-18)8-7-9-21(20)26-23(24)6-2/h7-9,12-13,18H,5-6,10-11,14H2,1-4H3. The van der Waals surface area contributed by atoms with Crippen LogP contribution in [0.3, 0.4) is 0 Å². The van der Waals surface area contributed by atoms with Crippen LogP contribution in [0.4, 0.5) is 0 Å². The monoisotopic (exact) mass is 352 g/mol. The molecule has 2 aromatic rings.